The highest BCUT2D eigenvalue weighted by Gasteiger charge is 2.36. The van der Waals surface area contributed by atoms with Crippen molar-refractivity contribution >= 4 is 33.6 Å². The van der Waals surface area contributed by atoms with E-state index in [1.807, 2.05) is 87.5 Å². The molecule has 1 aliphatic rings. The van der Waals surface area contributed by atoms with E-state index in [0.717, 1.165) is 44.2 Å². The molecule has 2 aromatic heterocycles. The maximum absolute atomic E-state index is 13.7. The van der Waals surface area contributed by atoms with Crippen molar-refractivity contribution in [2.24, 2.45) is 11.0 Å². The third-order valence-electron chi connectivity index (χ3n) is 7.06. The lowest BCUT2D eigenvalue weighted by atomic mass is 9.90. The molecule has 1 aliphatic heterocycles. The summed E-state index contributed by atoms with van der Waals surface area (Å²) in [5.41, 5.74) is 6.95. The highest BCUT2D eigenvalue weighted by molar-refractivity contribution is 6.13. The van der Waals surface area contributed by atoms with E-state index in [2.05, 4.69) is 15.0 Å². The van der Waals surface area contributed by atoms with E-state index in [1.54, 1.807) is 17.4 Å². The zero-order valence-corrected chi connectivity index (χ0v) is 21.5. The number of H-pyrrole nitrogens is 1. The largest absolute Gasteiger partial charge is 0.321 e. The number of aromatic amines is 1. The lowest BCUT2D eigenvalue weighted by Crippen LogP contribution is -2.30. The number of rotatable bonds is 4. The quantitative estimate of drug-likeness (QED) is 0.338. The van der Waals surface area contributed by atoms with Crippen molar-refractivity contribution < 1.29 is 4.79 Å². The van der Waals surface area contributed by atoms with Gasteiger partial charge in [0.15, 0.2) is 0 Å². The van der Waals surface area contributed by atoms with Crippen molar-refractivity contribution in [1.29, 1.82) is 0 Å². The van der Waals surface area contributed by atoms with Gasteiger partial charge in [-0.15, -0.1) is 0 Å². The van der Waals surface area contributed by atoms with Gasteiger partial charge in [-0.25, -0.2) is 5.01 Å². The molecule has 0 saturated carbocycles. The minimum atomic E-state index is -0.358. The molecular weight excluding hydrogens is 474 g/mol. The van der Waals surface area contributed by atoms with Crippen LogP contribution in [0.3, 0.4) is 0 Å². The first-order chi connectivity index (χ1) is 18.4. The Morgan fingerprint density at radius 3 is 2.45 bits per heavy atom. The van der Waals surface area contributed by atoms with Crippen molar-refractivity contribution in [3.8, 4) is 11.1 Å². The number of carbonyl (C=O) groups excluding carboxylic acids is 1. The maximum Gasteiger partial charge on any atom is 0.258 e. The Balaban J connectivity index is 1.55. The van der Waals surface area contributed by atoms with Crippen LogP contribution in [0.2, 0.25) is 0 Å². The van der Waals surface area contributed by atoms with Gasteiger partial charge < -0.3 is 4.98 Å². The molecule has 1 amide bonds. The topological polar surface area (TPSA) is 91.3 Å². The number of pyridine rings is 1. The highest BCUT2D eigenvalue weighted by Crippen LogP contribution is 2.38. The Kier molecular flexibility index (Phi) is 5.83. The Bertz CT molecular complexity index is 1790. The summed E-state index contributed by atoms with van der Waals surface area (Å²) in [4.78, 5) is 38.9. The monoisotopic (exact) mass is 501 g/mol. The second-order valence-corrected chi connectivity index (χ2v) is 10.0. The van der Waals surface area contributed by atoms with Crippen molar-refractivity contribution in [3.63, 3.8) is 0 Å². The number of hydrogen-bond acceptors (Lipinski definition) is 5. The predicted octanol–water partition coefficient (Wildman–Crippen LogP) is 5.78. The van der Waals surface area contributed by atoms with Crippen LogP contribution in [-0.2, 0) is 4.79 Å². The molecule has 0 bridgehead atoms. The summed E-state index contributed by atoms with van der Waals surface area (Å²) >= 11 is 0. The fraction of sp³-hybridized carbons (Fsp3) is 0.194. The Morgan fingerprint density at radius 1 is 0.947 bits per heavy atom. The van der Waals surface area contributed by atoms with Gasteiger partial charge in [0.2, 0.25) is 5.91 Å². The van der Waals surface area contributed by atoms with E-state index in [-0.39, 0.29) is 23.4 Å². The number of amides is 1. The zero-order chi connectivity index (χ0) is 26.4. The molecule has 5 aromatic rings. The molecule has 38 heavy (non-hydrogen) atoms. The molecule has 1 N–H and O–H groups in total. The van der Waals surface area contributed by atoms with Gasteiger partial charge in [0.1, 0.15) is 0 Å². The molecule has 188 valence electrons. The first-order valence-corrected chi connectivity index (χ1v) is 12.7. The minimum Gasteiger partial charge on any atom is -0.321 e. The molecule has 7 nitrogen and oxygen atoms in total. The van der Waals surface area contributed by atoms with Gasteiger partial charge in [-0.1, -0.05) is 67.9 Å². The third kappa shape index (κ3) is 4.06. The highest BCUT2D eigenvalue weighted by atomic mass is 16.2. The van der Waals surface area contributed by atoms with Crippen molar-refractivity contribution in [2.45, 2.75) is 33.2 Å². The molecule has 0 spiro atoms. The molecule has 7 heteroatoms. The molecule has 3 aromatic carbocycles. The maximum atomic E-state index is 13.7. The van der Waals surface area contributed by atoms with E-state index >= 15 is 0 Å². The Labute approximate surface area is 219 Å². The van der Waals surface area contributed by atoms with Crippen LogP contribution in [0, 0.1) is 12.8 Å². The second kappa shape index (κ2) is 9.34. The summed E-state index contributed by atoms with van der Waals surface area (Å²) in [6.07, 6.45) is 3.72. The van der Waals surface area contributed by atoms with Gasteiger partial charge in [0.25, 0.3) is 5.56 Å². The molecule has 0 saturated heterocycles. The predicted molar refractivity (Wildman–Crippen MR) is 150 cm³/mol. The summed E-state index contributed by atoms with van der Waals surface area (Å²) in [6, 6.07) is 21.4. The summed E-state index contributed by atoms with van der Waals surface area (Å²) in [5, 5.41) is 7.31. The number of hydrogen-bond donors (Lipinski definition) is 1. The van der Waals surface area contributed by atoms with Gasteiger partial charge >= 0.3 is 0 Å². The average Bonchev–Trinajstić information content (AvgIpc) is 3.37. The fourth-order valence-electron chi connectivity index (χ4n) is 5.11. The summed E-state index contributed by atoms with van der Waals surface area (Å²) in [5.74, 6) is -0.356. The number of nitrogens with zero attached hydrogens (tertiary/aromatic N) is 4. The number of fused-ring (bicyclic) bond motifs is 2. The first-order valence-electron chi connectivity index (χ1n) is 12.7. The van der Waals surface area contributed by atoms with Crippen LogP contribution in [0.1, 0.15) is 43.0 Å². The van der Waals surface area contributed by atoms with Crippen LogP contribution in [0.5, 0.6) is 0 Å². The molecule has 0 unspecified atom stereocenters. The summed E-state index contributed by atoms with van der Waals surface area (Å²) in [7, 11) is 0. The minimum absolute atomic E-state index is 0.0988. The molecule has 3 heterocycles. The van der Waals surface area contributed by atoms with E-state index in [1.165, 1.54) is 0 Å². The van der Waals surface area contributed by atoms with Crippen molar-refractivity contribution in [3.05, 3.63) is 106 Å². The van der Waals surface area contributed by atoms with Crippen molar-refractivity contribution in [2.75, 3.05) is 0 Å². The summed E-state index contributed by atoms with van der Waals surface area (Å²) in [6.45, 7) is 5.76. The van der Waals surface area contributed by atoms with Crippen LogP contribution < -0.4 is 5.56 Å². The number of carbonyl (C=O) groups is 1. The molecule has 1 atom stereocenters. The van der Waals surface area contributed by atoms with Crippen LogP contribution in [-0.4, -0.2) is 31.6 Å². The summed E-state index contributed by atoms with van der Waals surface area (Å²) < 4.78 is 0. The standard InChI is InChI=1S/C31H27N5O2/c1-18(2)31(38)36-27(21-12-13-24-25(16-21)33-15-14-32-24)17-26(35-36)29-28(20-10-8-19(3)9-11-20)22-6-4-5-7-23(22)34-30(29)37/h4-16,18,27H,17H2,1-3H3,(H,34,37)/t27-/m0/s1. The molecular formula is C31H27N5O2. The van der Waals surface area contributed by atoms with Gasteiger partial charge in [0, 0.05) is 41.2 Å². The number of hydrazone groups is 1. The second-order valence-electron chi connectivity index (χ2n) is 10.0. The number of aryl methyl sites for hydroxylation is 1. The number of para-hydroxylation sites is 1. The van der Waals surface area contributed by atoms with Gasteiger partial charge in [-0.3, -0.25) is 19.6 Å². The average molecular weight is 502 g/mol. The Morgan fingerprint density at radius 2 is 1.68 bits per heavy atom. The van der Waals surface area contributed by atoms with E-state index in [4.69, 9.17) is 5.10 Å². The first kappa shape index (κ1) is 23.7. The van der Waals surface area contributed by atoms with Gasteiger partial charge in [-0.2, -0.15) is 5.10 Å². The van der Waals surface area contributed by atoms with Crippen LogP contribution >= 0.6 is 0 Å². The van der Waals surface area contributed by atoms with Gasteiger partial charge in [0.05, 0.1) is 28.4 Å². The SMILES string of the molecule is Cc1ccc(-c2c(C3=NN(C(=O)C(C)C)[C@H](c4ccc5nccnc5c4)C3)c(=O)[nH]c3ccccc23)cc1. The lowest BCUT2D eigenvalue weighted by Gasteiger charge is -2.23. The molecule has 6 rings (SSSR count). The smallest absolute Gasteiger partial charge is 0.258 e. The van der Waals surface area contributed by atoms with E-state index in [0.29, 0.717) is 17.7 Å². The molecule has 0 radical (unpaired) electrons. The van der Waals surface area contributed by atoms with E-state index < -0.39 is 0 Å². The Hall–Kier alpha value is -4.65. The zero-order valence-electron chi connectivity index (χ0n) is 21.5. The van der Waals surface area contributed by atoms with Crippen LogP contribution in [0.4, 0.5) is 0 Å². The molecule has 0 fully saturated rings. The van der Waals surface area contributed by atoms with Crippen molar-refractivity contribution in [1.82, 2.24) is 20.0 Å². The fourth-order valence-corrected chi connectivity index (χ4v) is 5.11. The van der Waals surface area contributed by atoms with Gasteiger partial charge in [-0.05, 0) is 36.2 Å². The number of nitrogens with one attached hydrogen (secondary N) is 1. The normalized spacial score (nSPS) is 15.4. The molecule has 0 aliphatic carbocycles. The number of aromatic nitrogens is 3. The lowest BCUT2D eigenvalue weighted by molar-refractivity contribution is -0.136. The van der Waals surface area contributed by atoms with E-state index in [9.17, 15) is 9.59 Å². The van der Waals surface area contributed by atoms with Crippen LogP contribution in [0.15, 0.2) is 89.0 Å². The number of benzene rings is 3. The van der Waals surface area contributed by atoms with Crippen LogP contribution in [0.25, 0.3) is 33.1 Å². The third-order valence-corrected chi connectivity index (χ3v) is 7.06.